The Morgan fingerprint density at radius 2 is 1.58 bits per heavy atom. The van der Waals surface area contributed by atoms with Crippen LogP contribution in [-0.4, -0.2) is 55.7 Å². The summed E-state index contributed by atoms with van der Waals surface area (Å²) in [4.78, 5) is 17.7. The Hall–Kier alpha value is -4.73. The van der Waals surface area contributed by atoms with Crippen LogP contribution in [0.15, 0.2) is 60.7 Å². The third-order valence-electron chi connectivity index (χ3n) is 5.71. The highest BCUT2D eigenvalue weighted by molar-refractivity contribution is 5.91. The van der Waals surface area contributed by atoms with Gasteiger partial charge in [0.1, 0.15) is 11.5 Å². The molecule has 4 rings (SSSR count). The molecule has 1 heterocycles. The molecular weight excluding hydrogens is 488 g/mol. The Kier molecular flexibility index (Phi) is 8.32. The second-order valence-electron chi connectivity index (χ2n) is 8.05. The Morgan fingerprint density at radius 1 is 0.868 bits per heavy atom. The highest BCUT2D eigenvalue weighted by Crippen LogP contribution is 2.41. The molecule has 0 aliphatic carbocycles. The predicted molar refractivity (Wildman–Crippen MR) is 142 cm³/mol. The summed E-state index contributed by atoms with van der Waals surface area (Å²) >= 11 is 0. The Labute approximate surface area is 221 Å². The van der Waals surface area contributed by atoms with Gasteiger partial charge in [0.25, 0.3) is 5.91 Å². The lowest BCUT2D eigenvalue weighted by Crippen LogP contribution is -2.24. The summed E-state index contributed by atoms with van der Waals surface area (Å²) in [5.41, 5.74) is 2.19. The smallest absolute Gasteiger partial charge is 0.291 e. The Balaban J connectivity index is 1.74. The average Bonchev–Trinajstić information content (AvgIpc) is 3.41. The van der Waals surface area contributed by atoms with Gasteiger partial charge in [-0.15, -0.1) is 5.10 Å². The standard InChI is InChI=1S/C28H30N4O6/c1-6-38-21-12-10-20(11-13-21)32-27(19-15-23(35-3)25(37-5)24(16-19)36-4)30-26(31-32)28(33)29-17-18-8-7-9-22(14-18)34-2/h7-16H,6,17H2,1-5H3,(H,29,33). The van der Waals surface area contributed by atoms with Crippen molar-refractivity contribution in [2.75, 3.05) is 35.0 Å². The van der Waals surface area contributed by atoms with Crippen molar-refractivity contribution in [2.24, 2.45) is 0 Å². The lowest BCUT2D eigenvalue weighted by Gasteiger charge is -2.14. The maximum Gasteiger partial charge on any atom is 0.291 e. The quantitative estimate of drug-likeness (QED) is 0.313. The van der Waals surface area contributed by atoms with Gasteiger partial charge in [-0.1, -0.05) is 12.1 Å². The first-order chi connectivity index (χ1) is 18.5. The summed E-state index contributed by atoms with van der Waals surface area (Å²) in [5, 5.41) is 7.42. The number of carbonyl (C=O) groups excluding carboxylic acids is 1. The van der Waals surface area contributed by atoms with Gasteiger partial charge in [0.15, 0.2) is 17.3 Å². The molecule has 1 aromatic heterocycles. The molecule has 1 N–H and O–H groups in total. The van der Waals surface area contributed by atoms with Crippen LogP contribution in [0.4, 0.5) is 0 Å². The number of nitrogens with one attached hydrogen (secondary N) is 1. The van der Waals surface area contributed by atoms with Gasteiger partial charge in [0.05, 0.1) is 40.7 Å². The molecule has 38 heavy (non-hydrogen) atoms. The van der Waals surface area contributed by atoms with Crippen LogP contribution in [0.5, 0.6) is 28.7 Å². The third kappa shape index (κ3) is 5.64. The molecule has 0 saturated heterocycles. The molecule has 0 saturated carbocycles. The van der Waals surface area contributed by atoms with E-state index in [1.807, 2.05) is 55.5 Å². The predicted octanol–water partition coefficient (Wildman–Crippen LogP) is 4.30. The summed E-state index contributed by atoms with van der Waals surface area (Å²) in [7, 11) is 6.21. The van der Waals surface area contributed by atoms with E-state index in [0.717, 1.165) is 11.3 Å². The number of carbonyl (C=O) groups is 1. The monoisotopic (exact) mass is 518 g/mol. The summed E-state index contributed by atoms with van der Waals surface area (Å²) in [6, 6.07) is 18.3. The minimum atomic E-state index is -0.425. The number of methoxy groups -OCH3 is 4. The zero-order valence-corrected chi connectivity index (χ0v) is 22.0. The zero-order chi connectivity index (χ0) is 27.1. The maximum absolute atomic E-state index is 13.1. The largest absolute Gasteiger partial charge is 0.497 e. The van der Waals surface area contributed by atoms with E-state index >= 15 is 0 Å². The number of aromatic nitrogens is 3. The highest BCUT2D eigenvalue weighted by Gasteiger charge is 2.22. The summed E-state index contributed by atoms with van der Waals surface area (Å²) in [6.07, 6.45) is 0. The number of hydrogen-bond acceptors (Lipinski definition) is 8. The second kappa shape index (κ2) is 12.0. The van der Waals surface area contributed by atoms with Crippen LogP contribution in [-0.2, 0) is 6.54 Å². The molecule has 1 amide bonds. The van der Waals surface area contributed by atoms with Crippen LogP contribution in [0.25, 0.3) is 17.1 Å². The van der Waals surface area contributed by atoms with Crippen LogP contribution in [0.3, 0.4) is 0 Å². The van der Waals surface area contributed by atoms with E-state index in [1.165, 1.54) is 21.3 Å². The van der Waals surface area contributed by atoms with Crippen molar-refractivity contribution in [1.29, 1.82) is 0 Å². The maximum atomic E-state index is 13.1. The molecular formula is C28H30N4O6. The van der Waals surface area contributed by atoms with Crippen LogP contribution in [0.2, 0.25) is 0 Å². The Bertz CT molecular complexity index is 1380. The van der Waals surface area contributed by atoms with Crippen molar-refractivity contribution in [3.05, 3.63) is 72.1 Å². The van der Waals surface area contributed by atoms with Crippen molar-refractivity contribution in [1.82, 2.24) is 20.1 Å². The normalized spacial score (nSPS) is 10.6. The van der Waals surface area contributed by atoms with Crippen LogP contribution >= 0.6 is 0 Å². The molecule has 0 atom stereocenters. The van der Waals surface area contributed by atoms with Gasteiger partial charge in [0, 0.05) is 12.1 Å². The van der Waals surface area contributed by atoms with Gasteiger partial charge in [-0.2, -0.15) is 0 Å². The van der Waals surface area contributed by atoms with E-state index < -0.39 is 5.91 Å². The number of nitrogens with zero attached hydrogens (tertiary/aromatic N) is 3. The lowest BCUT2D eigenvalue weighted by atomic mass is 10.1. The Morgan fingerprint density at radius 3 is 2.18 bits per heavy atom. The fourth-order valence-corrected chi connectivity index (χ4v) is 3.88. The van der Waals surface area contributed by atoms with Crippen molar-refractivity contribution in [2.45, 2.75) is 13.5 Å². The minimum Gasteiger partial charge on any atom is -0.497 e. The SMILES string of the molecule is CCOc1ccc(-n2nc(C(=O)NCc3cccc(OC)c3)nc2-c2cc(OC)c(OC)c(OC)c2)cc1. The molecule has 4 aromatic rings. The zero-order valence-electron chi connectivity index (χ0n) is 22.0. The average molecular weight is 519 g/mol. The van der Waals surface area contributed by atoms with Gasteiger partial charge in [-0.3, -0.25) is 4.79 Å². The fraction of sp³-hybridized carbons (Fsp3) is 0.250. The van der Waals surface area contributed by atoms with Crippen molar-refractivity contribution < 1.29 is 28.5 Å². The summed E-state index contributed by atoms with van der Waals surface area (Å²) in [5.74, 6) is 2.78. The van der Waals surface area contributed by atoms with Crippen LogP contribution in [0.1, 0.15) is 23.1 Å². The molecule has 3 aromatic carbocycles. The fourth-order valence-electron chi connectivity index (χ4n) is 3.88. The molecule has 10 heteroatoms. The van der Waals surface area contributed by atoms with E-state index in [1.54, 1.807) is 23.9 Å². The van der Waals surface area contributed by atoms with E-state index in [4.69, 9.17) is 23.7 Å². The van der Waals surface area contributed by atoms with Crippen molar-refractivity contribution >= 4 is 5.91 Å². The van der Waals surface area contributed by atoms with Crippen LogP contribution in [0, 0.1) is 0 Å². The number of hydrogen-bond donors (Lipinski definition) is 1. The van der Waals surface area contributed by atoms with Gasteiger partial charge in [-0.25, -0.2) is 9.67 Å². The van der Waals surface area contributed by atoms with Gasteiger partial charge < -0.3 is 29.0 Å². The number of benzene rings is 3. The lowest BCUT2D eigenvalue weighted by molar-refractivity contribution is 0.0940. The van der Waals surface area contributed by atoms with E-state index in [0.29, 0.717) is 46.7 Å². The van der Waals surface area contributed by atoms with E-state index in [9.17, 15) is 4.79 Å². The molecule has 0 aliphatic heterocycles. The molecule has 198 valence electrons. The molecule has 0 fully saturated rings. The van der Waals surface area contributed by atoms with Crippen molar-refractivity contribution in [3.8, 4) is 45.8 Å². The first-order valence-electron chi connectivity index (χ1n) is 11.9. The molecule has 0 bridgehead atoms. The second-order valence-corrected chi connectivity index (χ2v) is 8.05. The topological polar surface area (TPSA) is 106 Å². The summed E-state index contributed by atoms with van der Waals surface area (Å²) in [6.45, 7) is 2.76. The summed E-state index contributed by atoms with van der Waals surface area (Å²) < 4.78 is 28.9. The molecule has 0 aliphatic rings. The van der Waals surface area contributed by atoms with Gasteiger partial charge in [0.2, 0.25) is 11.6 Å². The first-order valence-corrected chi connectivity index (χ1v) is 11.9. The van der Waals surface area contributed by atoms with Gasteiger partial charge in [-0.05, 0) is 61.0 Å². The van der Waals surface area contributed by atoms with Crippen molar-refractivity contribution in [3.63, 3.8) is 0 Å². The van der Waals surface area contributed by atoms with E-state index in [-0.39, 0.29) is 12.4 Å². The number of ether oxygens (including phenoxy) is 5. The van der Waals surface area contributed by atoms with E-state index in [2.05, 4.69) is 15.4 Å². The number of rotatable bonds is 11. The number of amides is 1. The third-order valence-corrected chi connectivity index (χ3v) is 5.71. The highest BCUT2D eigenvalue weighted by atomic mass is 16.5. The minimum absolute atomic E-state index is 0.00512. The first kappa shape index (κ1) is 26.3. The van der Waals surface area contributed by atoms with Gasteiger partial charge >= 0.3 is 0 Å². The molecule has 0 spiro atoms. The van der Waals surface area contributed by atoms with Crippen LogP contribution < -0.4 is 29.0 Å². The molecule has 0 radical (unpaired) electrons. The molecule has 10 nitrogen and oxygen atoms in total. The molecule has 0 unspecified atom stereocenters.